The van der Waals surface area contributed by atoms with E-state index in [4.69, 9.17) is 0 Å². The number of hydrogen-bond donors (Lipinski definition) is 2. The zero-order valence-corrected chi connectivity index (χ0v) is 11.9. The van der Waals surface area contributed by atoms with Crippen LogP contribution in [0.25, 0.3) is 0 Å². The maximum atomic E-state index is 12.3. The van der Waals surface area contributed by atoms with Crippen molar-refractivity contribution in [2.45, 2.75) is 57.7 Å². The Morgan fingerprint density at radius 3 is 2.74 bits per heavy atom. The number of hydrogen-bond acceptors (Lipinski definition) is 2. The highest BCUT2D eigenvalue weighted by Crippen LogP contribution is 2.18. The van der Waals surface area contributed by atoms with Gasteiger partial charge in [0.1, 0.15) is 0 Å². The van der Waals surface area contributed by atoms with Gasteiger partial charge in [0.05, 0.1) is 12.1 Å². The first kappa shape index (κ1) is 14.1. The summed E-state index contributed by atoms with van der Waals surface area (Å²) in [6, 6.07) is 10.7. The molecule has 1 aromatic carbocycles. The van der Waals surface area contributed by atoms with Gasteiger partial charge in [-0.25, -0.2) is 0 Å². The van der Waals surface area contributed by atoms with Crippen molar-refractivity contribution < 1.29 is 4.79 Å². The number of benzene rings is 1. The highest BCUT2D eigenvalue weighted by Gasteiger charge is 2.25. The molecule has 1 saturated heterocycles. The van der Waals surface area contributed by atoms with Crippen LogP contribution in [0.4, 0.5) is 0 Å². The Kier molecular flexibility index (Phi) is 4.97. The highest BCUT2D eigenvalue weighted by atomic mass is 16.2. The lowest BCUT2D eigenvalue weighted by molar-refractivity contribution is -0.124. The van der Waals surface area contributed by atoms with E-state index in [9.17, 15) is 4.79 Å². The Bertz CT molecular complexity index is 404. The second kappa shape index (κ2) is 6.71. The second-order valence-electron chi connectivity index (χ2n) is 5.43. The summed E-state index contributed by atoms with van der Waals surface area (Å²) in [5, 5.41) is 6.56. The van der Waals surface area contributed by atoms with Gasteiger partial charge in [0.2, 0.25) is 5.91 Å². The zero-order chi connectivity index (χ0) is 13.7. The molecule has 1 aromatic rings. The molecule has 0 bridgehead atoms. The molecule has 1 aliphatic heterocycles. The SMILES string of the molecule is CCC(NC(=O)C1CCCC(C)N1)c1ccccc1. The van der Waals surface area contributed by atoms with Crippen LogP contribution in [0.2, 0.25) is 0 Å². The molecule has 0 saturated carbocycles. The maximum absolute atomic E-state index is 12.3. The molecule has 0 aliphatic carbocycles. The van der Waals surface area contributed by atoms with E-state index in [1.807, 2.05) is 18.2 Å². The van der Waals surface area contributed by atoms with E-state index in [1.54, 1.807) is 0 Å². The van der Waals surface area contributed by atoms with Gasteiger partial charge in [0.15, 0.2) is 0 Å². The van der Waals surface area contributed by atoms with Crippen LogP contribution in [0.1, 0.15) is 51.1 Å². The molecule has 0 spiro atoms. The van der Waals surface area contributed by atoms with Gasteiger partial charge in [0, 0.05) is 6.04 Å². The van der Waals surface area contributed by atoms with E-state index in [0.717, 1.165) is 19.3 Å². The Balaban J connectivity index is 1.96. The summed E-state index contributed by atoms with van der Waals surface area (Å²) >= 11 is 0. The van der Waals surface area contributed by atoms with Gasteiger partial charge in [-0.15, -0.1) is 0 Å². The minimum atomic E-state index is -0.0264. The van der Waals surface area contributed by atoms with Gasteiger partial charge in [-0.05, 0) is 38.2 Å². The number of piperidine rings is 1. The molecule has 104 valence electrons. The van der Waals surface area contributed by atoms with E-state index in [2.05, 4.69) is 36.6 Å². The molecule has 0 aromatic heterocycles. The van der Waals surface area contributed by atoms with E-state index >= 15 is 0 Å². The van der Waals surface area contributed by atoms with Crippen molar-refractivity contribution in [1.29, 1.82) is 0 Å². The molecule has 3 heteroatoms. The zero-order valence-electron chi connectivity index (χ0n) is 11.9. The minimum absolute atomic E-state index is 0.0264. The minimum Gasteiger partial charge on any atom is -0.348 e. The van der Waals surface area contributed by atoms with Crippen LogP contribution in [0.5, 0.6) is 0 Å². The molecule has 2 N–H and O–H groups in total. The lowest BCUT2D eigenvalue weighted by Gasteiger charge is -2.29. The highest BCUT2D eigenvalue weighted by molar-refractivity contribution is 5.82. The van der Waals surface area contributed by atoms with Gasteiger partial charge < -0.3 is 10.6 Å². The van der Waals surface area contributed by atoms with E-state index in [0.29, 0.717) is 6.04 Å². The molecular formula is C16H24N2O. The molecule has 3 atom stereocenters. The second-order valence-corrected chi connectivity index (χ2v) is 5.43. The maximum Gasteiger partial charge on any atom is 0.237 e. The molecule has 19 heavy (non-hydrogen) atoms. The summed E-state index contributed by atoms with van der Waals surface area (Å²) < 4.78 is 0. The summed E-state index contributed by atoms with van der Waals surface area (Å²) in [6.07, 6.45) is 4.16. The summed E-state index contributed by atoms with van der Waals surface area (Å²) in [4.78, 5) is 12.3. The summed E-state index contributed by atoms with van der Waals surface area (Å²) in [5.41, 5.74) is 1.18. The fraction of sp³-hybridized carbons (Fsp3) is 0.562. The lowest BCUT2D eigenvalue weighted by Crippen LogP contribution is -2.50. The lowest BCUT2D eigenvalue weighted by atomic mass is 9.98. The average Bonchev–Trinajstić information content (AvgIpc) is 2.45. The van der Waals surface area contributed by atoms with E-state index in [1.165, 1.54) is 12.0 Å². The number of rotatable bonds is 4. The topological polar surface area (TPSA) is 41.1 Å². The first-order valence-electron chi connectivity index (χ1n) is 7.32. The van der Waals surface area contributed by atoms with E-state index in [-0.39, 0.29) is 18.0 Å². The van der Waals surface area contributed by atoms with Crippen molar-refractivity contribution in [2.75, 3.05) is 0 Å². The molecule has 1 amide bonds. The van der Waals surface area contributed by atoms with Crippen LogP contribution >= 0.6 is 0 Å². The molecular weight excluding hydrogens is 236 g/mol. The fourth-order valence-corrected chi connectivity index (χ4v) is 2.72. The van der Waals surface area contributed by atoms with Gasteiger partial charge >= 0.3 is 0 Å². The quantitative estimate of drug-likeness (QED) is 0.874. The van der Waals surface area contributed by atoms with Gasteiger partial charge in [0.25, 0.3) is 0 Å². The van der Waals surface area contributed by atoms with E-state index < -0.39 is 0 Å². The fourth-order valence-electron chi connectivity index (χ4n) is 2.72. The first-order chi connectivity index (χ1) is 9.20. The standard InChI is InChI=1S/C16H24N2O/c1-3-14(13-9-5-4-6-10-13)18-16(19)15-11-7-8-12(2)17-15/h4-6,9-10,12,14-15,17H,3,7-8,11H2,1-2H3,(H,18,19). The van der Waals surface area contributed by atoms with Crippen LogP contribution in [0, 0.1) is 0 Å². The molecule has 1 heterocycles. The Hall–Kier alpha value is -1.35. The third kappa shape index (κ3) is 3.80. The summed E-state index contributed by atoms with van der Waals surface area (Å²) in [6.45, 7) is 4.25. The third-order valence-electron chi connectivity index (χ3n) is 3.86. The Labute approximate surface area is 115 Å². The van der Waals surface area contributed by atoms with Crippen LogP contribution in [-0.2, 0) is 4.79 Å². The van der Waals surface area contributed by atoms with Crippen molar-refractivity contribution in [3.63, 3.8) is 0 Å². The molecule has 3 nitrogen and oxygen atoms in total. The van der Waals surface area contributed by atoms with Crippen molar-refractivity contribution in [1.82, 2.24) is 10.6 Å². The number of carbonyl (C=O) groups excluding carboxylic acids is 1. The van der Waals surface area contributed by atoms with Crippen molar-refractivity contribution in [3.8, 4) is 0 Å². The molecule has 3 unspecified atom stereocenters. The normalized spacial score (nSPS) is 24.7. The van der Waals surface area contributed by atoms with Crippen molar-refractivity contribution >= 4 is 5.91 Å². The predicted molar refractivity (Wildman–Crippen MR) is 77.9 cm³/mol. The van der Waals surface area contributed by atoms with Gasteiger partial charge in [-0.1, -0.05) is 37.3 Å². The molecule has 1 fully saturated rings. The summed E-state index contributed by atoms with van der Waals surface area (Å²) in [5.74, 6) is 0.141. The molecule has 1 aliphatic rings. The van der Waals surface area contributed by atoms with Crippen LogP contribution in [0.3, 0.4) is 0 Å². The Morgan fingerprint density at radius 1 is 1.37 bits per heavy atom. The Morgan fingerprint density at radius 2 is 2.11 bits per heavy atom. The first-order valence-corrected chi connectivity index (χ1v) is 7.32. The smallest absolute Gasteiger partial charge is 0.237 e. The number of nitrogens with one attached hydrogen (secondary N) is 2. The predicted octanol–water partition coefficient (Wildman–Crippen LogP) is 2.78. The molecule has 0 radical (unpaired) electrons. The number of amides is 1. The van der Waals surface area contributed by atoms with Crippen LogP contribution in [-0.4, -0.2) is 18.0 Å². The van der Waals surface area contributed by atoms with Crippen LogP contribution < -0.4 is 10.6 Å². The van der Waals surface area contributed by atoms with Gasteiger partial charge in [-0.3, -0.25) is 4.79 Å². The monoisotopic (exact) mass is 260 g/mol. The largest absolute Gasteiger partial charge is 0.348 e. The van der Waals surface area contributed by atoms with Crippen molar-refractivity contribution in [3.05, 3.63) is 35.9 Å². The van der Waals surface area contributed by atoms with Gasteiger partial charge in [-0.2, -0.15) is 0 Å². The third-order valence-corrected chi connectivity index (χ3v) is 3.86. The summed E-state index contributed by atoms with van der Waals surface area (Å²) in [7, 11) is 0. The van der Waals surface area contributed by atoms with Crippen molar-refractivity contribution in [2.24, 2.45) is 0 Å². The molecule has 2 rings (SSSR count). The van der Waals surface area contributed by atoms with Crippen LogP contribution in [0.15, 0.2) is 30.3 Å². The number of carbonyl (C=O) groups is 1. The average molecular weight is 260 g/mol.